The summed E-state index contributed by atoms with van der Waals surface area (Å²) < 4.78 is 4.99. The molecule has 0 radical (unpaired) electrons. The van der Waals surface area contributed by atoms with Crippen LogP contribution in [0.3, 0.4) is 0 Å². The Morgan fingerprint density at radius 1 is 1.36 bits per heavy atom. The lowest BCUT2D eigenvalue weighted by molar-refractivity contribution is -0.142. The Bertz CT molecular complexity index is 698. The summed E-state index contributed by atoms with van der Waals surface area (Å²) in [4.78, 5) is 20.2. The van der Waals surface area contributed by atoms with Gasteiger partial charge in [0.15, 0.2) is 0 Å². The summed E-state index contributed by atoms with van der Waals surface area (Å²) in [6, 6.07) is 9.29. The summed E-state index contributed by atoms with van der Waals surface area (Å²) in [6.45, 7) is 3.84. The molecule has 0 fully saturated rings. The Morgan fingerprint density at radius 3 is 2.73 bits per heavy atom. The molecule has 0 aliphatic carbocycles. The van der Waals surface area contributed by atoms with Gasteiger partial charge in [0, 0.05) is 18.0 Å². The molecule has 2 heterocycles. The number of ether oxygens (including phenoxy) is 1. The Morgan fingerprint density at radius 2 is 2.09 bits per heavy atom. The standard InChI is InChI=1S/C16H15N3O2S/c1-3-21-16(20)11(2)22-15-13(10-17)4-5-14(19-15)12-6-8-18-9-7-12/h4-9,11H,3H2,1-2H3. The minimum atomic E-state index is -0.424. The van der Waals surface area contributed by atoms with Gasteiger partial charge in [0.05, 0.1) is 17.9 Å². The maximum Gasteiger partial charge on any atom is 0.319 e. The number of hydrogen-bond donors (Lipinski definition) is 0. The monoisotopic (exact) mass is 313 g/mol. The third kappa shape index (κ3) is 3.83. The van der Waals surface area contributed by atoms with Crippen molar-refractivity contribution < 1.29 is 9.53 Å². The van der Waals surface area contributed by atoms with E-state index in [2.05, 4.69) is 16.0 Å². The van der Waals surface area contributed by atoms with Gasteiger partial charge in [-0.15, -0.1) is 0 Å². The largest absolute Gasteiger partial charge is 0.465 e. The van der Waals surface area contributed by atoms with Crippen LogP contribution in [0.15, 0.2) is 41.7 Å². The van der Waals surface area contributed by atoms with Crippen LogP contribution >= 0.6 is 11.8 Å². The summed E-state index contributed by atoms with van der Waals surface area (Å²) in [5.41, 5.74) is 2.09. The van der Waals surface area contributed by atoms with Crippen molar-refractivity contribution in [3.05, 3.63) is 42.2 Å². The molecule has 0 N–H and O–H groups in total. The number of aromatic nitrogens is 2. The Hall–Kier alpha value is -2.39. The van der Waals surface area contributed by atoms with Gasteiger partial charge in [-0.1, -0.05) is 11.8 Å². The van der Waals surface area contributed by atoms with E-state index in [1.165, 1.54) is 11.8 Å². The summed E-state index contributed by atoms with van der Waals surface area (Å²) in [6.07, 6.45) is 3.37. The number of pyridine rings is 2. The number of esters is 1. The van der Waals surface area contributed by atoms with Crippen LogP contribution in [0.1, 0.15) is 19.4 Å². The molecule has 112 valence electrons. The number of thioether (sulfide) groups is 1. The van der Waals surface area contributed by atoms with Crippen molar-refractivity contribution in [3.8, 4) is 17.3 Å². The van der Waals surface area contributed by atoms with Crippen LogP contribution in [0.4, 0.5) is 0 Å². The fourth-order valence-corrected chi connectivity index (χ4v) is 2.66. The zero-order valence-electron chi connectivity index (χ0n) is 12.3. The van der Waals surface area contributed by atoms with E-state index < -0.39 is 5.25 Å². The average molecular weight is 313 g/mol. The van der Waals surface area contributed by atoms with Crippen LogP contribution in [0, 0.1) is 11.3 Å². The van der Waals surface area contributed by atoms with Gasteiger partial charge in [-0.2, -0.15) is 5.26 Å². The highest BCUT2D eigenvalue weighted by molar-refractivity contribution is 8.00. The molecule has 0 bridgehead atoms. The molecule has 6 heteroatoms. The van der Waals surface area contributed by atoms with Gasteiger partial charge < -0.3 is 4.74 Å². The second-order valence-electron chi connectivity index (χ2n) is 4.41. The molecule has 2 aromatic rings. The zero-order valence-corrected chi connectivity index (χ0v) is 13.1. The number of nitrogens with zero attached hydrogens (tertiary/aromatic N) is 3. The summed E-state index contributed by atoms with van der Waals surface area (Å²) in [5.74, 6) is -0.312. The lowest BCUT2D eigenvalue weighted by Gasteiger charge is -2.11. The van der Waals surface area contributed by atoms with E-state index >= 15 is 0 Å². The van der Waals surface area contributed by atoms with Gasteiger partial charge in [0.1, 0.15) is 16.3 Å². The molecule has 2 rings (SSSR count). The van der Waals surface area contributed by atoms with E-state index in [0.29, 0.717) is 17.2 Å². The molecule has 0 spiro atoms. The lowest BCUT2D eigenvalue weighted by atomic mass is 10.1. The van der Waals surface area contributed by atoms with Crippen molar-refractivity contribution in [3.63, 3.8) is 0 Å². The van der Waals surface area contributed by atoms with Crippen LogP contribution in [-0.4, -0.2) is 27.8 Å². The maximum atomic E-state index is 11.7. The SMILES string of the molecule is CCOC(=O)C(C)Sc1nc(-c2ccncc2)ccc1C#N. The smallest absolute Gasteiger partial charge is 0.319 e. The first-order chi connectivity index (χ1) is 10.7. The topological polar surface area (TPSA) is 75.9 Å². The lowest BCUT2D eigenvalue weighted by Crippen LogP contribution is -2.17. The molecule has 0 aliphatic rings. The highest BCUT2D eigenvalue weighted by Gasteiger charge is 2.19. The first-order valence-corrected chi connectivity index (χ1v) is 7.68. The number of nitriles is 1. The van der Waals surface area contributed by atoms with Crippen molar-refractivity contribution in [2.75, 3.05) is 6.61 Å². The molecule has 22 heavy (non-hydrogen) atoms. The van der Waals surface area contributed by atoms with Crippen molar-refractivity contribution >= 4 is 17.7 Å². The van der Waals surface area contributed by atoms with Crippen molar-refractivity contribution in [2.45, 2.75) is 24.1 Å². The molecule has 0 aliphatic heterocycles. The van der Waals surface area contributed by atoms with Crippen LogP contribution in [0.5, 0.6) is 0 Å². The quantitative estimate of drug-likeness (QED) is 0.624. The summed E-state index contributed by atoms with van der Waals surface area (Å²) >= 11 is 1.23. The maximum absolute atomic E-state index is 11.7. The average Bonchev–Trinajstić information content (AvgIpc) is 2.55. The molecular weight excluding hydrogens is 298 g/mol. The van der Waals surface area contributed by atoms with E-state index in [1.807, 2.05) is 12.1 Å². The van der Waals surface area contributed by atoms with E-state index in [0.717, 1.165) is 11.3 Å². The van der Waals surface area contributed by atoms with Gasteiger partial charge in [0.2, 0.25) is 0 Å². The molecule has 1 atom stereocenters. The number of hydrogen-bond acceptors (Lipinski definition) is 6. The Kier molecular flexibility index (Phi) is 5.50. The predicted molar refractivity (Wildman–Crippen MR) is 84.1 cm³/mol. The number of rotatable bonds is 5. The van der Waals surface area contributed by atoms with Crippen molar-refractivity contribution in [1.29, 1.82) is 5.26 Å². The zero-order chi connectivity index (χ0) is 15.9. The van der Waals surface area contributed by atoms with Crippen LogP contribution in [0.25, 0.3) is 11.3 Å². The summed E-state index contributed by atoms with van der Waals surface area (Å²) in [7, 11) is 0. The molecular formula is C16H15N3O2S. The van der Waals surface area contributed by atoms with Gasteiger partial charge in [-0.05, 0) is 38.1 Å². The second-order valence-corrected chi connectivity index (χ2v) is 5.74. The van der Waals surface area contributed by atoms with Gasteiger partial charge in [0.25, 0.3) is 0 Å². The van der Waals surface area contributed by atoms with E-state index in [-0.39, 0.29) is 5.97 Å². The first-order valence-electron chi connectivity index (χ1n) is 6.80. The fraction of sp³-hybridized carbons (Fsp3) is 0.250. The molecule has 2 aromatic heterocycles. The Labute approximate surface area is 133 Å². The number of carbonyl (C=O) groups excluding carboxylic acids is 1. The molecule has 0 aromatic carbocycles. The first kappa shape index (κ1) is 16.0. The van der Waals surface area contributed by atoms with E-state index in [4.69, 9.17) is 4.74 Å². The van der Waals surface area contributed by atoms with Crippen LogP contribution < -0.4 is 0 Å². The minimum absolute atomic E-state index is 0.312. The van der Waals surface area contributed by atoms with Crippen molar-refractivity contribution in [1.82, 2.24) is 9.97 Å². The normalized spacial score (nSPS) is 11.5. The third-order valence-electron chi connectivity index (χ3n) is 2.86. The molecule has 0 saturated carbocycles. The molecule has 0 amide bonds. The fourth-order valence-electron chi connectivity index (χ4n) is 1.77. The third-order valence-corrected chi connectivity index (χ3v) is 3.94. The van der Waals surface area contributed by atoms with Crippen LogP contribution in [0.2, 0.25) is 0 Å². The highest BCUT2D eigenvalue weighted by Crippen LogP contribution is 2.28. The predicted octanol–water partition coefficient (Wildman–Crippen LogP) is 3.06. The minimum Gasteiger partial charge on any atom is -0.465 e. The van der Waals surface area contributed by atoms with Gasteiger partial charge in [-0.3, -0.25) is 9.78 Å². The van der Waals surface area contributed by atoms with Gasteiger partial charge >= 0.3 is 5.97 Å². The van der Waals surface area contributed by atoms with Crippen LogP contribution in [-0.2, 0) is 9.53 Å². The number of carbonyl (C=O) groups is 1. The summed E-state index contributed by atoms with van der Waals surface area (Å²) in [5, 5.41) is 9.31. The molecule has 5 nitrogen and oxygen atoms in total. The molecule has 1 unspecified atom stereocenters. The van der Waals surface area contributed by atoms with E-state index in [9.17, 15) is 10.1 Å². The van der Waals surface area contributed by atoms with Crippen molar-refractivity contribution in [2.24, 2.45) is 0 Å². The Balaban J connectivity index is 2.30. The highest BCUT2D eigenvalue weighted by atomic mass is 32.2. The molecule has 0 saturated heterocycles. The second kappa shape index (κ2) is 7.57. The van der Waals surface area contributed by atoms with Gasteiger partial charge in [-0.25, -0.2) is 4.98 Å². The van der Waals surface area contributed by atoms with E-state index in [1.54, 1.807) is 38.4 Å².